The van der Waals surface area contributed by atoms with E-state index < -0.39 is 0 Å². The van der Waals surface area contributed by atoms with Crippen LogP contribution >= 0.6 is 11.3 Å². The van der Waals surface area contributed by atoms with E-state index >= 15 is 0 Å². The molecule has 0 bridgehead atoms. The van der Waals surface area contributed by atoms with E-state index in [0.29, 0.717) is 11.5 Å². The summed E-state index contributed by atoms with van der Waals surface area (Å²) in [7, 11) is 2.03. The van der Waals surface area contributed by atoms with Gasteiger partial charge in [0.25, 0.3) is 0 Å². The summed E-state index contributed by atoms with van der Waals surface area (Å²) in [6.07, 6.45) is 9.11. The molecule has 0 aromatic carbocycles. The van der Waals surface area contributed by atoms with Crippen molar-refractivity contribution in [3.05, 3.63) is 34.0 Å². The minimum absolute atomic E-state index is 0.553. The second-order valence-corrected chi connectivity index (χ2v) is 8.27. The molecule has 4 rings (SSSR count). The SMILES string of the molecule is CCc1nn(C)cc1CN(Cc1nccs1)[C@@H]1CC12CCNCC2. The normalized spacial score (nSPS) is 22.4. The molecule has 2 aromatic rings. The van der Waals surface area contributed by atoms with Gasteiger partial charge in [-0.15, -0.1) is 11.3 Å². The molecule has 0 amide bonds. The van der Waals surface area contributed by atoms with E-state index in [4.69, 9.17) is 0 Å². The molecule has 24 heavy (non-hydrogen) atoms. The topological polar surface area (TPSA) is 46.0 Å². The molecule has 2 fully saturated rings. The molecular formula is C18H27N5S. The lowest BCUT2D eigenvalue weighted by Crippen LogP contribution is -2.35. The third kappa shape index (κ3) is 3.15. The first-order valence-electron chi connectivity index (χ1n) is 9.05. The minimum Gasteiger partial charge on any atom is -0.317 e. The van der Waals surface area contributed by atoms with Crippen molar-refractivity contribution in [1.82, 2.24) is 25.0 Å². The molecule has 1 N–H and O–H groups in total. The first kappa shape index (κ1) is 16.2. The highest BCUT2D eigenvalue weighted by molar-refractivity contribution is 7.09. The Kier molecular flexibility index (Phi) is 4.45. The van der Waals surface area contributed by atoms with Crippen LogP contribution in [-0.2, 0) is 26.6 Å². The van der Waals surface area contributed by atoms with E-state index in [9.17, 15) is 0 Å². The molecule has 130 valence electrons. The van der Waals surface area contributed by atoms with E-state index in [-0.39, 0.29) is 0 Å². The van der Waals surface area contributed by atoms with Crippen molar-refractivity contribution in [3.63, 3.8) is 0 Å². The summed E-state index contributed by atoms with van der Waals surface area (Å²) in [5, 5.41) is 11.5. The van der Waals surface area contributed by atoms with Crippen molar-refractivity contribution in [2.45, 2.75) is 51.7 Å². The molecule has 3 heterocycles. The van der Waals surface area contributed by atoms with Crippen LogP contribution in [0.4, 0.5) is 0 Å². The Bertz CT molecular complexity index is 672. The molecule has 5 nitrogen and oxygen atoms in total. The number of hydrogen-bond acceptors (Lipinski definition) is 5. The van der Waals surface area contributed by atoms with Crippen LogP contribution in [0.15, 0.2) is 17.8 Å². The van der Waals surface area contributed by atoms with Crippen LogP contribution in [0.3, 0.4) is 0 Å². The summed E-state index contributed by atoms with van der Waals surface area (Å²) in [6, 6.07) is 0.702. The molecule has 2 aliphatic rings. The Morgan fingerprint density at radius 2 is 2.21 bits per heavy atom. The van der Waals surface area contributed by atoms with Gasteiger partial charge in [-0.2, -0.15) is 5.10 Å². The number of nitrogens with one attached hydrogen (secondary N) is 1. The minimum atomic E-state index is 0.553. The molecule has 6 heteroatoms. The summed E-state index contributed by atoms with van der Waals surface area (Å²) >= 11 is 1.77. The number of aromatic nitrogens is 3. The average molecular weight is 346 g/mol. The van der Waals surface area contributed by atoms with Crippen molar-refractivity contribution in [3.8, 4) is 0 Å². The zero-order chi connectivity index (χ0) is 16.6. The maximum atomic E-state index is 4.63. The molecular weight excluding hydrogens is 318 g/mol. The number of aryl methyl sites for hydroxylation is 2. The van der Waals surface area contributed by atoms with Crippen LogP contribution in [0.25, 0.3) is 0 Å². The maximum Gasteiger partial charge on any atom is 0.107 e. The molecule has 1 aliphatic carbocycles. The highest BCUT2D eigenvalue weighted by atomic mass is 32.1. The highest BCUT2D eigenvalue weighted by Gasteiger charge is 2.56. The quantitative estimate of drug-likeness (QED) is 0.874. The Labute approximate surface area is 148 Å². The lowest BCUT2D eigenvalue weighted by Gasteiger charge is -2.29. The van der Waals surface area contributed by atoms with Gasteiger partial charge in [-0.25, -0.2) is 4.98 Å². The summed E-state index contributed by atoms with van der Waals surface area (Å²) < 4.78 is 1.96. The smallest absolute Gasteiger partial charge is 0.107 e. The molecule has 1 spiro atoms. The van der Waals surface area contributed by atoms with Crippen LogP contribution in [-0.4, -0.2) is 38.8 Å². The van der Waals surface area contributed by atoms with E-state index in [1.54, 1.807) is 11.3 Å². The second kappa shape index (κ2) is 6.58. The number of thiazole rings is 1. The van der Waals surface area contributed by atoms with Gasteiger partial charge in [0.2, 0.25) is 0 Å². The maximum absolute atomic E-state index is 4.63. The molecule has 1 saturated heterocycles. The van der Waals surface area contributed by atoms with Crippen molar-refractivity contribution in [2.75, 3.05) is 13.1 Å². The Hall–Kier alpha value is -1.24. The van der Waals surface area contributed by atoms with Crippen molar-refractivity contribution in [1.29, 1.82) is 0 Å². The van der Waals surface area contributed by atoms with Gasteiger partial charge in [-0.05, 0) is 44.2 Å². The number of rotatable bonds is 6. The lowest BCUT2D eigenvalue weighted by atomic mass is 9.93. The summed E-state index contributed by atoms with van der Waals surface area (Å²) in [4.78, 5) is 7.20. The third-order valence-electron chi connectivity index (χ3n) is 5.71. The summed E-state index contributed by atoms with van der Waals surface area (Å²) in [6.45, 7) is 6.51. The first-order chi connectivity index (χ1) is 11.7. The fourth-order valence-electron chi connectivity index (χ4n) is 4.32. The van der Waals surface area contributed by atoms with Crippen LogP contribution < -0.4 is 5.32 Å². The van der Waals surface area contributed by atoms with Gasteiger partial charge in [0.1, 0.15) is 5.01 Å². The van der Waals surface area contributed by atoms with Gasteiger partial charge in [0.05, 0.1) is 12.2 Å². The zero-order valence-corrected chi connectivity index (χ0v) is 15.5. The molecule has 0 unspecified atom stereocenters. The fourth-order valence-corrected chi connectivity index (χ4v) is 4.96. The molecule has 1 atom stereocenters. The monoisotopic (exact) mass is 345 g/mol. The average Bonchev–Trinajstić information content (AvgIpc) is 2.93. The molecule has 2 aromatic heterocycles. The van der Waals surface area contributed by atoms with Gasteiger partial charge >= 0.3 is 0 Å². The van der Waals surface area contributed by atoms with Crippen LogP contribution in [0, 0.1) is 5.41 Å². The number of nitrogens with zero attached hydrogens (tertiary/aromatic N) is 4. The van der Waals surface area contributed by atoms with Gasteiger partial charge in [-0.3, -0.25) is 9.58 Å². The van der Waals surface area contributed by atoms with Crippen molar-refractivity contribution in [2.24, 2.45) is 12.5 Å². The van der Waals surface area contributed by atoms with E-state index in [1.165, 1.54) is 48.6 Å². The lowest BCUT2D eigenvalue weighted by molar-refractivity contribution is 0.187. The van der Waals surface area contributed by atoms with E-state index in [2.05, 4.69) is 38.8 Å². The summed E-state index contributed by atoms with van der Waals surface area (Å²) in [5.74, 6) is 0. The van der Waals surface area contributed by atoms with Crippen molar-refractivity contribution >= 4 is 11.3 Å². The van der Waals surface area contributed by atoms with Crippen LogP contribution in [0.2, 0.25) is 0 Å². The van der Waals surface area contributed by atoms with Gasteiger partial charge in [0, 0.05) is 43.0 Å². The number of hydrogen-bond donors (Lipinski definition) is 1. The first-order valence-corrected chi connectivity index (χ1v) is 9.93. The van der Waals surface area contributed by atoms with Crippen LogP contribution in [0.1, 0.15) is 42.5 Å². The second-order valence-electron chi connectivity index (χ2n) is 7.29. The van der Waals surface area contributed by atoms with Gasteiger partial charge in [0.15, 0.2) is 0 Å². The van der Waals surface area contributed by atoms with Crippen molar-refractivity contribution < 1.29 is 0 Å². The Morgan fingerprint density at radius 3 is 2.92 bits per heavy atom. The molecule has 1 saturated carbocycles. The highest BCUT2D eigenvalue weighted by Crippen LogP contribution is 2.56. The van der Waals surface area contributed by atoms with Gasteiger partial charge < -0.3 is 5.32 Å². The van der Waals surface area contributed by atoms with Gasteiger partial charge in [-0.1, -0.05) is 6.92 Å². The van der Waals surface area contributed by atoms with E-state index in [1.807, 2.05) is 17.9 Å². The Balaban J connectivity index is 1.54. The zero-order valence-electron chi connectivity index (χ0n) is 14.7. The standard InChI is InChI=1S/C18H27N5S/c1-3-15-14(11-22(2)21-15)12-23(13-17-20-8-9-24-17)16-10-18(16)4-6-19-7-5-18/h8-9,11,16,19H,3-7,10,12-13H2,1-2H3/t16-/m1/s1. The predicted molar refractivity (Wildman–Crippen MR) is 96.9 cm³/mol. The molecule has 0 radical (unpaired) electrons. The predicted octanol–water partition coefficient (Wildman–Crippen LogP) is 2.58. The summed E-state index contributed by atoms with van der Waals surface area (Å²) in [5.41, 5.74) is 3.17. The Morgan fingerprint density at radius 1 is 1.38 bits per heavy atom. The van der Waals surface area contributed by atoms with E-state index in [0.717, 1.165) is 19.5 Å². The third-order valence-corrected chi connectivity index (χ3v) is 6.47. The van der Waals surface area contributed by atoms with Crippen LogP contribution in [0.5, 0.6) is 0 Å². The molecule has 1 aliphatic heterocycles. The largest absolute Gasteiger partial charge is 0.317 e. The number of piperidine rings is 1. The fraction of sp³-hybridized carbons (Fsp3) is 0.667.